The van der Waals surface area contributed by atoms with Crippen LogP contribution in [0.25, 0.3) is 5.82 Å². The Labute approximate surface area is 201 Å². The summed E-state index contributed by atoms with van der Waals surface area (Å²) in [5.74, 6) is 1.82. The number of carbonyl (C=O) groups is 2. The number of ether oxygens (including phenoxy) is 1. The fraction of sp³-hybridized carbons (Fsp3) is 0.280. The Morgan fingerprint density at radius 2 is 1.76 bits per heavy atom. The first-order valence-electron chi connectivity index (χ1n) is 10.7. The summed E-state index contributed by atoms with van der Waals surface area (Å²) in [4.78, 5) is 26.5. The molecule has 4 rings (SSSR count). The third kappa shape index (κ3) is 4.70. The van der Waals surface area contributed by atoms with Gasteiger partial charge in [0.25, 0.3) is 0 Å². The van der Waals surface area contributed by atoms with Gasteiger partial charge in [0.1, 0.15) is 11.5 Å². The van der Waals surface area contributed by atoms with Crippen molar-refractivity contribution >= 4 is 23.5 Å². The van der Waals surface area contributed by atoms with E-state index in [0.717, 1.165) is 27.6 Å². The number of nitrogens with zero attached hydrogens (tertiary/aromatic N) is 3. The lowest BCUT2D eigenvalue weighted by molar-refractivity contribution is 0.0471. The number of rotatable bonds is 8. The SMILES string of the molecule is Cc1cc(-n2c(C)cc(C(=O)COC(=O)c3ccccc3SCc3c(C)noc3C)c2C)no1. The molecule has 0 aliphatic heterocycles. The summed E-state index contributed by atoms with van der Waals surface area (Å²) in [6.07, 6.45) is 0. The van der Waals surface area contributed by atoms with E-state index in [0.29, 0.717) is 34.2 Å². The molecule has 3 aromatic heterocycles. The van der Waals surface area contributed by atoms with Crippen molar-refractivity contribution in [3.05, 3.63) is 81.7 Å². The number of hydrogen-bond acceptors (Lipinski definition) is 8. The van der Waals surface area contributed by atoms with Crippen molar-refractivity contribution in [1.29, 1.82) is 0 Å². The highest BCUT2D eigenvalue weighted by molar-refractivity contribution is 7.98. The molecule has 0 N–H and O–H groups in total. The van der Waals surface area contributed by atoms with Gasteiger partial charge in [-0.05, 0) is 52.8 Å². The van der Waals surface area contributed by atoms with E-state index in [1.165, 1.54) is 11.8 Å². The van der Waals surface area contributed by atoms with Crippen LogP contribution in [0.1, 0.15) is 54.9 Å². The highest BCUT2D eigenvalue weighted by atomic mass is 32.2. The maximum absolute atomic E-state index is 12.9. The second-order valence-corrected chi connectivity index (χ2v) is 9.02. The second kappa shape index (κ2) is 9.72. The predicted molar refractivity (Wildman–Crippen MR) is 127 cm³/mol. The maximum atomic E-state index is 12.9. The highest BCUT2D eigenvalue weighted by Crippen LogP contribution is 2.29. The molecule has 0 radical (unpaired) electrons. The number of hydrogen-bond donors (Lipinski definition) is 0. The Kier molecular flexibility index (Phi) is 6.74. The van der Waals surface area contributed by atoms with Gasteiger partial charge in [0.05, 0.1) is 11.3 Å². The lowest BCUT2D eigenvalue weighted by Crippen LogP contribution is -2.15. The van der Waals surface area contributed by atoms with Gasteiger partial charge in [-0.1, -0.05) is 22.4 Å². The largest absolute Gasteiger partial charge is 0.454 e. The van der Waals surface area contributed by atoms with Gasteiger partial charge in [-0.2, -0.15) is 0 Å². The first kappa shape index (κ1) is 23.6. The Morgan fingerprint density at radius 1 is 1.00 bits per heavy atom. The number of thioether (sulfide) groups is 1. The van der Waals surface area contributed by atoms with E-state index in [4.69, 9.17) is 13.8 Å². The van der Waals surface area contributed by atoms with Gasteiger partial charge in [-0.15, -0.1) is 11.8 Å². The molecule has 0 aliphatic carbocycles. The third-order valence-electron chi connectivity index (χ3n) is 5.57. The van der Waals surface area contributed by atoms with E-state index >= 15 is 0 Å². The van der Waals surface area contributed by atoms with Crippen molar-refractivity contribution < 1.29 is 23.4 Å². The van der Waals surface area contributed by atoms with Crippen LogP contribution in [0.15, 0.2) is 50.3 Å². The van der Waals surface area contributed by atoms with Crippen molar-refractivity contribution in [2.24, 2.45) is 0 Å². The molecule has 9 heteroatoms. The van der Waals surface area contributed by atoms with Crippen LogP contribution in [0.3, 0.4) is 0 Å². The van der Waals surface area contributed by atoms with Gasteiger partial charge in [0.15, 0.2) is 12.4 Å². The summed E-state index contributed by atoms with van der Waals surface area (Å²) in [5.41, 5.74) is 4.27. The third-order valence-corrected chi connectivity index (χ3v) is 6.67. The van der Waals surface area contributed by atoms with Gasteiger partial charge >= 0.3 is 5.97 Å². The number of aryl methyl sites for hydroxylation is 4. The molecule has 0 spiro atoms. The first-order valence-corrected chi connectivity index (χ1v) is 11.7. The van der Waals surface area contributed by atoms with Gasteiger partial charge in [-0.3, -0.25) is 9.36 Å². The highest BCUT2D eigenvalue weighted by Gasteiger charge is 2.21. The van der Waals surface area contributed by atoms with Crippen LogP contribution in [-0.2, 0) is 10.5 Å². The number of Topliss-reactive ketones (excluding diaryl/α,β-unsaturated/α-hetero) is 1. The van der Waals surface area contributed by atoms with Crippen LogP contribution >= 0.6 is 11.8 Å². The lowest BCUT2D eigenvalue weighted by Gasteiger charge is -2.09. The van der Waals surface area contributed by atoms with Crippen molar-refractivity contribution in [2.75, 3.05) is 6.61 Å². The molecule has 0 amide bonds. The number of ketones is 1. The molecule has 0 unspecified atom stereocenters. The van der Waals surface area contributed by atoms with Gasteiger partial charge in [-0.25, -0.2) is 4.79 Å². The molecule has 176 valence electrons. The first-order chi connectivity index (χ1) is 16.3. The number of benzene rings is 1. The zero-order chi connectivity index (χ0) is 24.4. The Morgan fingerprint density at radius 3 is 2.44 bits per heavy atom. The van der Waals surface area contributed by atoms with E-state index < -0.39 is 5.97 Å². The molecule has 0 saturated heterocycles. The molecule has 0 aliphatic rings. The lowest BCUT2D eigenvalue weighted by atomic mass is 10.1. The number of esters is 1. The number of carbonyl (C=O) groups excluding carboxylic acids is 2. The summed E-state index contributed by atoms with van der Waals surface area (Å²) in [6, 6.07) is 10.7. The van der Waals surface area contributed by atoms with Gasteiger partial charge in [0, 0.05) is 39.2 Å². The summed E-state index contributed by atoms with van der Waals surface area (Å²) >= 11 is 1.49. The molecule has 0 fully saturated rings. The molecule has 4 aromatic rings. The zero-order valence-electron chi connectivity index (χ0n) is 19.7. The summed E-state index contributed by atoms with van der Waals surface area (Å²) in [5, 5.41) is 8.00. The average Bonchev–Trinajstić information content (AvgIpc) is 3.47. The van der Waals surface area contributed by atoms with E-state index in [2.05, 4.69) is 10.3 Å². The predicted octanol–water partition coefficient (Wildman–Crippen LogP) is 5.33. The normalized spacial score (nSPS) is 11.1. The average molecular weight is 480 g/mol. The molecule has 34 heavy (non-hydrogen) atoms. The van der Waals surface area contributed by atoms with Crippen LogP contribution in [-0.4, -0.2) is 33.2 Å². The van der Waals surface area contributed by atoms with Crippen molar-refractivity contribution in [1.82, 2.24) is 14.9 Å². The summed E-state index contributed by atoms with van der Waals surface area (Å²) in [6.45, 7) is 8.91. The molecular formula is C25H25N3O5S. The Bertz CT molecular complexity index is 1350. The fourth-order valence-electron chi connectivity index (χ4n) is 3.76. The minimum atomic E-state index is -0.545. The topological polar surface area (TPSA) is 100 Å². The van der Waals surface area contributed by atoms with Gasteiger partial charge < -0.3 is 13.8 Å². The minimum absolute atomic E-state index is 0.284. The van der Waals surface area contributed by atoms with Crippen LogP contribution in [0, 0.1) is 34.6 Å². The molecule has 0 bridgehead atoms. The molecule has 1 aromatic carbocycles. The smallest absolute Gasteiger partial charge is 0.339 e. The molecule has 0 atom stereocenters. The molecule has 8 nitrogen and oxygen atoms in total. The van der Waals surface area contributed by atoms with Crippen molar-refractivity contribution in [3.8, 4) is 5.82 Å². The van der Waals surface area contributed by atoms with Crippen LogP contribution < -0.4 is 0 Å². The fourth-order valence-corrected chi connectivity index (χ4v) is 4.96. The summed E-state index contributed by atoms with van der Waals surface area (Å²) < 4.78 is 17.6. The van der Waals surface area contributed by atoms with E-state index in [1.54, 1.807) is 31.2 Å². The standard InChI is InChI=1S/C25H25N3O5S/c1-14-10-20(17(4)28(14)24-11-15(2)32-27-24)22(29)12-31-25(30)19-8-6-7-9-23(19)34-13-21-16(3)26-33-18(21)5/h6-11H,12-13H2,1-5H3. The van der Waals surface area contributed by atoms with E-state index in [1.807, 2.05) is 44.4 Å². The number of aromatic nitrogens is 3. The zero-order valence-corrected chi connectivity index (χ0v) is 20.5. The second-order valence-electron chi connectivity index (χ2n) is 8.00. The molecule has 0 saturated carbocycles. The minimum Gasteiger partial charge on any atom is -0.454 e. The Balaban J connectivity index is 1.45. The van der Waals surface area contributed by atoms with Crippen LogP contribution in [0.2, 0.25) is 0 Å². The van der Waals surface area contributed by atoms with E-state index in [-0.39, 0.29) is 12.4 Å². The summed E-state index contributed by atoms with van der Waals surface area (Å²) in [7, 11) is 0. The van der Waals surface area contributed by atoms with Crippen molar-refractivity contribution in [2.45, 2.75) is 45.3 Å². The van der Waals surface area contributed by atoms with E-state index in [9.17, 15) is 9.59 Å². The monoisotopic (exact) mass is 479 g/mol. The van der Waals surface area contributed by atoms with Crippen molar-refractivity contribution in [3.63, 3.8) is 0 Å². The molecular weight excluding hydrogens is 454 g/mol. The van der Waals surface area contributed by atoms with Gasteiger partial charge in [0.2, 0.25) is 5.78 Å². The van der Waals surface area contributed by atoms with Crippen LogP contribution in [0.5, 0.6) is 0 Å². The molecule has 3 heterocycles. The maximum Gasteiger partial charge on any atom is 0.339 e. The quantitative estimate of drug-likeness (QED) is 0.190. The Hall–Kier alpha value is -3.59. The van der Waals surface area contributed by atoms with Crippen LogP contribution in [0.4, 0.5) is 0 Å².